The smallest absolute Gasteiger partial charge is 0.109 e. The van der Waals surface area contributed by atoms with Crippen LogP contribution >= 0.6 is 0 Å². The minimum atomic E-state index is -0.410. The van der Waals surface area contributed by atoms with Crippen molar-refractivity contribution in [2.24, 2.45) is 16.6 Å². The second-order valence-electron chi connectivity index (χ2n) is 2.55. The van der Waals surface area contributed by atoms with Crippen LogP contribution in [-0.2, 0) is 0 Å². The molecular weight excluding hydrogens is 143 g/mol. The molecule has 0 aromatic rings. The first-order valence-electron chi connectivity index (χ1n) is 3.70. The van der Waals surface area contributed by atoms with Crippen LogP contribution in [0.1, 0.15) is 13.8 Å². The highest BCUT2D eigenvalue weighted by Crippen LogP contribution is 2.04. The van der Waals surface area contributed by atoms with Crippen molar-refractivity contribution < 1.29 is 4.39 Å². The van der Waals surface area contributed by atoms with Gasteiger partial charge in [0.2, 0.25) is 0 Å². The third-order valence-electron chi connectivity index (χ3n) is 1.31. The lowest BCUT2D eigenvalue weighted by Crippen LogP contribution is -1.99. The van der Waals surface area contributed by atoms with Crippen molar-refractivity contribution in [3.8, 4) is 0 Å². The highest BCUT2D eigenvalue weighted by molar-refractivity contribution is 5.78. The summed E-state index contributed by atoms with van der Waals surface area (Å²) in [5.74, 6) is 0.350. The SMILES string of the molecule is CC(C)/C(C=NCCF)=C/N. The zero-order chi connectivity index (χ0) is 8.69. The molecule has 0 aromatic heterocycles. The van der Waals surface area contributed by atoms with Gasteiger partial charge in [0.1, 0.15) is 6.67 Å². The van der Waals surface area contributed by atoms with Crippen LogP contribution in [0, 0.1) is 5.92 Å². The van der Waals surface area contributed by atoms with Crippen LogP contribution in [0.25, 0.3) is 0 Å². The van der Waals surface area contributed by atoms with Crippen LogP contribution in [0.2, 0.25) is 0 Å². The van der Waals surface area contributed by atoms with Crippen molar-refractivity contribution in [1.82, 2.24) is 0 Å². The monoisotopic (exact) mass is 158 g/mol. The van der Waals surface area contributed by atoms with Gasteiger partial charge in [0.25, 0.3) is 0 Å². The van der Waals surface area contributed by atoms with Gasteiger partial charge in [-0.25, -0.2) is 4.39 Å². The topological polar surface area (TPSA) is 38.4 Å². The van der Waals surface area contributed by atoms with Gasteiger partial charge in [-0.05, 0) is 17.7 Å². The number of nitrogens with two attached hydrogens (primary N) is 1. The number of allylic oxidation sites excluding steroid dienone is 1. The first kappa shape index (κ1) is 10.1. The molecule has 0 aliphatic heterocycles. The van der Waals surface area contributed by atoms with Gasteiger partial charge >= 0.3 is 0 Å². The predicted octanol–water partition coefficient (Wildman–Crippen LogP) is 1.53. The minimum absolute atomic E-state index is 0.226. The molecule has 0 saturated carbocycles. The summed E-state index contributed by atoms with van der Waals surface area (Å²) in [6, 6.07) is 0. The normalized spacial score (nSPS) is 13.3. The maximum atomic E-state index is 11.6. The van der Waals surface area contributed by atoms with Crippen molar-refractivity contribution in [3.63, 3.8) is 0 Å². The molecule has 0 unspecified atom stereocenters. The molecule has 0 radical (unpaired) electrons. The van der Waals surface area contributed by atoms with Gasteiger partial charge in [0.15, 0.2) is 0 Å². The van der Waals surface area contributed by atoms with Gasteiger partial charge in [-0.3, -0.25) is 4.99 Å². The van der Waals surface area contributed by atoms with Gasteiger partial charge < -0.3 is 5.73 Å². The molecule has 0 rings (SSSR count). The number of nitrogens with zero attached hydrogens (tertiary/aromatic N) is 1. The lowest BCUT2D eigenvalue weighted by molar-refractivity contribution is 0.505. The Labute approximate surface area is 67.0 Å². The van der Waals surface area contributed by atoms with Gasteiger partial charge in [0.05, 0.1) is 6.54 Å². The van der Waals surface area contributed by atoms with E-state index in [1.807, 2.05) is 13.8 Å². The predicted molar refractivity (Wildman–Crippen MR) is 46.4 cm³/mol. The quantitative estimate of drug-likeness (QED) is 0.619. The molecule has 2 nitrogen and oxygen atoms in total. The number of hydrogen-bond donors (Lipinski definition) is 1. The Hall–Kier alpha value is -0.860. The van der Waals surface area contributed by atoms with E-state index in [2.05, 4.69) is 4.99 Å². The molecule has 0 aliphatic rings. The summed E-state index contributed by atoms with van der Waals surface area (Å²) in [6.07, 6.45) is 3.14. The molecule has 11 heavy (non-hydrogen) atoms. The molecule has 0 aliphatic carbocycles. The van der Waals surface area contributed by atoms with E-state index in [0.717, 1.165) is 5.57 Å². The summed E-state index contributed by atoms with van der Waals surface area (Å²) in [5, 5.41) is 0. The van der Waals surface area contributed by atoms with E-state index >= 15 is 0 Å². The summed E-state index contributed by atoms with van der Waals surface area (Å²) >= 11 is 0. The molecule has 3 heteroatoms. The highest BCUT2D eigenvalue weighted by Gasteiger charge is 1.96. The first-order chi connectivity index (χ1) is 5.22. The Kier molecular flexibility index (Phi) is 5.43. The van der Waals surface area contributed by atoms with E-state index < -0.39 is 6.67 Å². The fraction of sp³-hybridized carbons (Fsp3) is 0.625. The fourth-order valence-corrected chi connectivity index (χ4v) is 0.603. The van der Waals surface area contributed by atoms with Crippen LogP contribution in [0.4, 0.5) is 4.39 Å². The molecular formula is C8H15FN2. The summed E-state index contributed by atoms with van der Waals surface area (Å²) in [7, 11) is 0. The van der Waals surface area contributed by atoms with Crippen LogP contribution in [0.3, 0.4) is 0 Å². The Bertz CT molecular complexity index is 150. The van der Waals surface area contributed by atoms with E-state index in [4.69, 9.17) is 5.73 Å². The minimum Gasteiger partial charge on any atom is -0.404 e. The number of alkyl halides is 1. The van der Waals surface area contributed by atoms with Crippen LogP contribution in [-0.4, -0.2) is 19.4 Å². The maximum Gasteiger partial charge on any atom is 0.109 e. The third-order valence-corrected chi connectivity index (χ3v) is 1.31. The molecule has 64 valence electrons. The molecule has 0 saturated heterocycles. The Morgan fingerprint density at radius 1 is 1.64 bits per heavy atom. The van der Waals surface area contributed by atoms with E-state index in [9.17, 15) is 4.39 Å². The van der Waals surface area contributed by atoms with Crippen molar-refractivity contribution in [2.75, 3.05) is 13.2 Å². The molecule has 0 aromatic carbocycles. The molecule has 0 spiro atoms. The molecule has 0 amide bonds. The van der Waals surface area contributed by atoms with E-state index in [0.29, 0.717) is 5.92 Å². The van der Waals surface area contributed by atoms with Gasteiger partial charge in [-0.15, -0.1) is 0 Å². The summed E-state index contributed by atoms with van der Waals surface area (Å²) < 4.78 is 11.6. The zero-order valence-corrected chi connectivity index (χ0v) is 7.05. The zero-order valence-electron chi connectivity index (χ0n) is 7.05. The maximum absolute atomic E-state index is 11.6. The lowest BCUT2D eigenvalue weighted by atomic mass is 10.1. The van der Waals surface area contributed by atoms with Crippen molar-refractivity contribution >= 4 is 6.21 Å². The van der Waals surface area contributed by atoms with E-state index in [-0.39, 0.29) is 6.54 Å². The Morgan fingerprint density at radius 2 is 2.27 bits per heavy atom. The third kappa shape index (κ3) is 4.53. The van der Waals surface area contributed by atoms with Gasteiger partial charge in [-0.2, -0.15) is 0 Å². The first-order valence-corrected chi connectivity index (χ1v) is 3.70. The molecule has 0 heterocycles. The number of aliphatic imine (C=N–C) groups is 1. The fourth-order valence-electron chi connectivity index (χ4n) is 0.603. The van der Waals surface area contributed by atoms with Crippen molar-refractivity contribution in [1.29, 1.82) is 0 Å². The van der Waals surface area contributed by atoms with Crippen molar-refractivity contribution in [3.05, 3.63) is 11.8 Å². The lowest BCUT2D eigenvalue weighted by Gasteiger charge is -2.02. The molecule has 2 N–H and O–H groups in total. The summed E-state index contributed by atoms with van der Waals surface area (Å²) in [4.78, 5) is 3.83. The number of hydrogen-bond acceptors (Lipinski definition) is 2. The second-order valence-corrected chi connectivity index (χ2v) is 2.55. The largest absolute Gasteiger partial charge is 0.404 e. The van der Waals surface area contributed by atoms with Crippen LogP contribution in [0.5, 0.6) is 0 Å². The molecule has 0 atom stereocenters. The second kappa shape index (κ2) is 5.89. The van der Waals surface area contributed by atoms with Gasteiger partial charge in [0, 0.05) is 6.21 Å². The highest BCUT2D eigenvalue weighted by atomic mass is 19.1. The standard InChI is InChI=1S/C8H15FN2/c1-7(2)8(5-10)6-11-4-3-9/h5-7H,3-4,10H2,1-2H3/b8-5+,11-6?. The summed E-state index contributed by atoms with van der Waals surface area (Å²) in [5.41, 5.74) is 6.25. The van der Waals surface area contributed by atoms with E-state index in [1.165, 1.54) is 6.20 Å². The average molecular weight is 158 g/mol. The van der Waals surface area contributed by atoms with Crippen LogP contribution < -0.4 is 5.73 Å². The molecule has 0 bridgehead atoms. The van der Waals surface area contributed by atoms with E-state index in [1.54, 1.807) is 6.21 Å². The Morgan fingerprint density at radius 3 is 2.64 bits per heavy atom. The van der Waals surface area contributed by atoms with Crippen LogP contribution in [0.15, 0.2) is 16.8 Å². The number of halogens is 1. The molecule has 0 fully saturated rings. The average Bonchev–Trinajstić information content (AvgIpc) is 1.97. The van der Waals surface area contributed by atoms with Crippen molar-refractivity contribution in [2.45, 2.75) is 13.8 Å². The summed E-state index contributed by atoms with van der Waals surface area (Å²) in [6.45, 7) is 3.84. The number of rotatable bonds is 4. The van der Waals surface area contributed by atoms with Gasteiger partial charge in [-0.1, -0.05) is 13.8 Å². The Balaban J connectivity index is 3.89.